The summed E-state index contributed by atoms with van der Waals surface area (Å²) in [4.78, 5) is 32.3. The van der Waals surface area contributed by atoms with Gasteiger partial charge < -0.3 is 15.4 Å². The Morgan fingerprint density at radius 1 is 1.25 bits per heavy atom. The number of rotatable bonds is 6. The molecule has 148 valence electrons. The number of hydrogen-bond donors (Lipinski definition) is 2. The number of carbonyl (C=O) groups excluding carboxylic acids is 2. The van der Waals surface area contributed by atoms with Gasteiger partial charge in [-0.15, -0.1) is 11.3 Å². The van der Waals surface area contributed by atoms with Gasteiger partial charge in [0.2, 0.25) is 11.8 Å². The summed E-state index contributed by atoms with van der Waals surface area (Å²) in [6.07, 6.45) is 3.89. The summed E-state index contributed by atoms with van der Waals surface area (Å²) in [5, 5.41) is 6.56. The van der Waals surface area contributed by atoms with Gasteiger partial charge in [0.25, 0.3) is 0 Å². The summed E-state index contributed by atoms with van der Waals surface area (Å²) in [5.41, 5.74) is 1.79. The molecule has 1 aliphatic carbocycles. The van der Waals surface area contributed by atoms with E-state index in [4.69, 9.17) is 4.74 Å². The predicted octanol–water partition coefficient (Wildman–Crippen LogP) is 2.89. The van der Waals surface area contributed by atoms with Crippen LogP contribution < -0.4 is 15.4 Å². The number of nitrogens with zero attached hydrogens (tertiary/aromatic N) is 2. The number of aromatic nitrogens is 1. The minimum Gasteiger partial charge on any atom is -0.497 e. The van der Waals surface area contributed by atoms with Crippen LogP contribution in [0.15, 0.2) is 24.3 Å². The number of anilines is 2. The van der Waals surface area contributed by atoms with Crippen molar-refractivity contribution in [2.45, 2.75) is 32.2 Å². The van der Waals surface area contributed by atoms with Crippen LogP contribution in [0, 0.1) is 5.92 Å². The molecule has 1 fully saturated rings. The van der Waals surface area contributed by atoms with Crippen LogP contribution in [0.4, 0.5) is 10.8 Å². The minimum absolute atomic E-state index is 0.0448. The van der Waals surface area contributed by atoms with Crippen LogP contribution in [0.25, 0.3) is 0 Å². The summed E-state index contributed by atoms with van der Waals surface area (Å²) in [6.45, 7) is 1.79. The van der Waals surface area contributed by atoms with E-state index in [9.17, 15) is 9.59 Å². The lowest BCUT2D eigenvalue weighted by atomic mass is 9.85. The van der Waals surface area contributed by atoms with Gasteiger partial charge in [-0.3, -0.25) is 14.5 Å². The van der Waals surface area contributed by atoms with E-state index in [2.05, 4.69) is 20.5 Å². The second-order valence-electron chi connectivity index (χ2n) is 7.24. The number of fused-ring (bicyclic) bond motifs is 1. The number of benzene rings is 1. The highest BCUT2D eigenvalue weighted by Gasteiger charge is 2.27. The first-order valence-corrected chi connectivity index (χ1v) is 10.4. The molecule has 0 atom stereocenters. The van der Waals surface area contributed by atoms with Gasteiger partial charge in [0.05, 0.1) is 19.3 Å². The topological polar surface area (TPSA) is 83.6 Å². The second-order valence-corrected chi connectivity index (χ2v) is 8.33. The molecule has 0 spiro atoms. The van der Waals surface area contributed by atoms with E-state index in [0.29, 0.717) is 18.2 Å². The first-order valence-electron chi connectivity index (χ1n) is 9.56. The summed E-state index contributed by atoms with van der Waals surface area (Å²) < 4.78 is 5.13. The van der Waals surface area contributed by atoms with Gasteiger partial charge in [-0.05, 0) is 37.1 Å². The molecule has 28 heavy (non-hydrogen) atoms. The Kier molecular flexibility index (Phi) is 5.59. The van der Waals surface area contributed by atoms with Gasteiger partial charge in [0.15, 0.2) is 5.13 Å². The van der Waals surface area contributed by atoms with E-state index < -0.39 is 0 Å². The molecular weight excluding hydrogens is 376 g/mol. The smallest absolute Gasteiger partial charge is 0.238 e. The number of ether oxygens (including phenoxy) is 1. The Hall–Kier alpha value is -2.45. The fraction of sp³-hybridized carbons (Fsp3) is 0.450. The number of nitrogens with one attached hydrogen (secondary N) is 2. The third kappa shape index (κ3) is 4.34. The fourth-order valence-corrected chi connectivity index (χ4v) is 4.45. The Balaban J connectivity index is 1.30. The zero-order chi connectivity index (χ0) is 19.5. The first kappa shape index (κ1) is 18.9. The van der Waals surface area contributed by atoms with E-state index in [0.717, 1.165) is 54.2 Å². The standard InChI is InChI=1S/C20H24N4O3S/c1-27-15-7-5-14(6-8-15)21-18(25)12-24-10-9-16-17(11-24)28-20(22-16)23-19(26)13-3-2-4-13/h5-8,13H,2-4,9-12H2,1H3,(H,21,25)(H,22,23,26). The number of methoxy groups -OCH3 is 1. The number of hydrogen-bond acceptors (Lipinski definition) is 6. The van der Waals surface area contributed by atoms with Crippen molar-refractivity contribution in [3.63, 3.8) is 0 Å². The van der Waals surface area contributed by atoms with Crippen LogP contribution >= 0.6 is 11.3 Å². The van der Waals surface area contributed by atoms with Crippen molar-refractivity contribution in [1.29, 1.82) is 0 Å². The van der Waals surface area contributed by atoms with Crippen LogP contribution in [-0.2, 0) is 22.6 Å². The first-order chi connectivity index (χ1) is 13.6. The Labute approximate surface area is 168 Å². The lowest BCUT2D eigenvalue weighted by Gasteiger charge is -2.25. The van der Waals surface area contributed by atoms with Gasteiger partial charge in [0.1, 0.15) is 5.75 Å². The van der Waals surface area contributed by atoms with E-state index in [1.807, 2.05) is 24.3 Å². The highest BCUT2D eigenvalue weighted by atomic mass is 32.1. The fourth-order valence-electron chi connectivity index (χ4n) is 3.39. The molecule has 2 aliphatic rings. The van der Waals surface area contributed by atoms with Gasteiger partial charge in [-0.2, -0.15) is 0 Å². The van der Waals surface area contributed by atoms with Crippen LogP contribution in [0.2, 0.25) is 0 Å². The predicted molar refractivity (Wildman–Crippen MR) is 109 cm³/mol. The van der Waals surface area contributed by atoms with Crippen LogP contribution in [-0.4, -0.2) is 41.9 Å². The SMILES string of the molecule is COc1ccc(NC(=O)CN2CCc3nc(NC(=O)C4CCC4)sc3C2)cc1. The molecule has 2 heterocycles. The highest BCUT2D eigenvalue weighted by Crippen LogP contribution is 2.31. The van der Waals surface area contributed by atoms with Crippen molar-refractivity contribution < 1.29 is 14.3 Å². The zero-order valence-corrected chi connectivity index (χ0v) is 16.7. The van der Waals surface area contributed by atoms with Crippen LogP contribution in [0.3, 0.4) is 0 Å². The molecule has 1 saturated carbocycles. The van der Waals surface area contributed by atoms with E-state index in [1.54, 1.807) is 7.11 Å². The molecule has 0 unspecified atom stereocenters. The maximum absolute atomic E-state index is 12.4. The van der Waals surface area contributed by atoms with Crippen LogP contribution in [0.5, 0.6) is 5.75 Å². The zero-order valence-electron chi connectivity index (χ0n) is 15.9. The third-order valence-electron chi connectivity index (χ3n) is 5.26. The average molecular weight is 401 g/mol. The van der Waals surface area contributed by atoms with Gasteiger partial charge >= 0.3 is 0 Å². The third-order valence-corrected chi connectivity index (χ3v) is 6.26. The Morgan fingerprint density at radius 2 is 2.04 bits per heavy atom. The summed E-state index contributed by atoms with van der Waals surface area (Å²) >= 11 is 1.52. The molecule has 0 saturated heterocycles. The minimum atomic E-state index is -0.0448. The molecule has 4 rings (SSSR count). The Bertz CT molecular complexity index is 861. The molecule has 1 aromatic carbocycles. The van der Waals surface area contributed by atoms with Gasteiger partial charge in [-0.1, -0.05) is 6.42 Å². The van der Waals surface area contributed by atoms with Crippen LogP contribution in [0.1, 0.15) is 29.8 Å². The number of thiazole rings is 1. The van der Waals surface area contributed by atoms with Crippen molar-refractivity contribution in [1.82, 2.24) is 9.88 Å². The monoisotopic (exact) mass is 400 g/mol. The van der Waals surface area contributed by atoms with E-state index >= 15 is 0 Å². The summed E-state index contributed by atoms with van der Waals surface area (Å²) in [6, 6.07) is 7.29. The average Bonchev–Trinajstić information content (AvgIpc) is 3.02. The van der Waals surface area contributed by atoms with E-state index in [1.165, 1.54) is 11.3 Å². The molecule has 0 bridgehead atoms. The van der Waals surface area contributed by atoms with Gasteiger partial charge in [0, 0.05) is 36.0 Å². The van der Waals surface area contributed by atoms with Crippen molar-refractivity contribution >= 4 is 34.0 Å². The molecule has 2 N–H and O–H groups in total. The van der Waals surface area contributed by atoms with Crippen molar-refractivity contribution in [2.75, 3.05) is 30.8 Å². The maximum atomic E-state index is 12.4. The molecule has 7 nitrogen and oxygen atoms in total. The lowest BCUT2D eigenvalue weighted by molar-refractivity contribution is -0.122. The second kappa shape index (κ2) is 8.28. The quantitative estimate of drug-likeness (QED) is 0.779. The van der Waals surface area contributed by atoms with Crippen molar-refractivity contribution in [3.05, 3.63) is 34.8 Å². The molecule has 2 amide bonds. The highest BCUT2D eigenvalue weighted by molar-refractivity contribution is 7.15. The van der Waals surface area contributed by atoms with Crippen molar-refractivity contribution in [3.8, 4) is 5.75 Å². The summed E-state index contributed by atoms with van der Waals surface area (Å²) in [7, 11) is 1.61. The molecule has 1 aromatic heterocycles. The Morgan fingerprint density at radius 3 is 2.71 bits per heavy atom. The summed E-state index contributed by atoms with van der Waals surface area (Å²) in [5.74, 6) is 0.954. The number of carbonyl (C=O) groups is 2. The largest absolute Gasteiger partial charge is 0.497 e. The number of amides is 2. The molecular formula is C20H24N4O3S. The molecule has 8 heteroatoms. The molecule has 2 aromatic rings. The normalized spacial score (nSPS) is 16.8. The maximum Gasteiger partial charge on any atom is 0.238 e. The lowest BCUT2D eigenvalue weighted by Crippen LogP contribution is -2.36. The van der Waals surface area contributed by atoms with Gasteiger partial charge in [-0.25, -0.2) is 4.98 Å². The van der Waals surface area contributed by atoms with Crippen molar-refractivity contribution in [2.24, 2.45) is 5.92 Å². The molecule has 0 radical (unpaired) electrons. The van der Waals surface area contributed by atoms with E-state index in [-0.39, 0.29) is 17.7 Å². The molecule has 1 aliphatic heterocycles.